The zero-order chi connectivity index (χ0) is 23.3. The van der Waals surface area contributed by atoms with E-state index in [2.05, 4.69) is 25.9 Å². The van der Waals surface area contributed by atoms with Crippen LogP contribution in [0.25, 0.3) is 0 Å². The van der Waals surface area contributed by atoms with Crippen LogP contribution >= 0.6 is 11.6 Å². The number of halogens is 1. The Bertz CT molecular complexity index is 944. The maximum absolute atomic E-state index is 12.9. The van der Waals surface area contributed by atoms with Gasteiger partial charge in [0.05, 0.1) is 11.1 Å². The number of carbonyl (C=O) groups is 3. The Labute approximate surface area is 189 Å². The van der Waals surface area contributed by atoms with Crippen molar-refractivity contribution in [2.24, 2.45) is 0 Å². The van der Waals surface area contributed by atoms with Crippen molar-refractivity contribution in [1.82, 2.24) is 25.6 Å². The minimum atomic E-state index is -1.03. The number of hydrogen-bond donors (Lipinski definition) is 2. The lowest BCUT2D eigenvalue weighted by molar-refractivity contribution is -0.140. The number of ether oxygens (including phenoxy) is 1. The van der Waals surface area contributed by atoms with Gasteiger partial charge in [-0.05, 0) is 52.2 Å². The summed E-state index contributed by atoms with van der Waals surface area (Å²) in [6.45, 7) is 5.15. The fourth-order valence-corrected chi connectivity index (χ4v) is 3.48. The largest absolute Gasteiger partial charge is 0.442 e. The molecule has 1 aliphatic carbocycles. The van der Waals surface area contributed by atoms with Crippen LogP contribution in [0.2, 0.25) is 5.02 Å². The van der Waals surface area contributed by atoms with Gasteiger partial charge in [-0.1, -0.05) is 23.2 Å². The van der Waals surface area contributed by atoms with E-state index in [1.165, 1.54) is 24.7 Å². The molecule has 0 radical (unpaired) electrons. The summed E-state index contributed by atoms with van der Waals surface area (Å²) in [6, 6.07) is 2.55. The van der Waals surface area contributed by atoms with Gasteiger partial charge in [0.1, 0.15) is 11.4 Å². The summed E-state index contributed by atoms with van der Waals surface area (Å²) in [4.78, 5) is 45.9. The number of pyridine rings is 1. The molecule has 2 aromatic heterocycles. The second-order valence-corrected chi connectivity index (χ2v) is 8.85. The van der Waals surface area contributed by atoms with Crippen LogP contribution < -0.4 is 10.7 Å². The fraction of sp³-hybridized carbons (Fsp3) is 0.500. The Morgan fingerprint density at radius 2 is 1.97 bits per heavy atom. The lowest BCUT2D eigenvalue weighted by Gasteiger charge is -2.37. The van der Waals surface area contributed by atoms with Gasteiger partial charge in [-0.3, -0.25) is 15.0 Å². The highest BCUT2D eigenvalue weighted by atomic mass is 35.5. The third-order valence-corrected chi connectivity index (χ3v) is 4.97. The van der Waals surface area contributed by atoms with Crippen LogP contribution in [0, 0.1) is 0 Å². The molecule has 0 aliphatic heterocycles. The van der Waals surface area contributed by atoms with E-state index < -0.39 is 29.6 Å². The van der Waals surface area contributed by atoms with Crippen LogP contribution in [0.4, 0.5) is 10.6 Å². The van der Waals surface area contributed by atoms with Crippen molar-refractivity contribution in [3.63, 3.8) is 0 Å². The number of nitrogens with one attached hydrogen (secondary N) is 2. The number of hydrazine groups is 1. The van der Waals surface area contributed by atoms with Crippen LogP contribution in [0.3, 0.4) is 0 Å². The van der Waals surface area contributed by atoms with Gasteiger partial charge in [0.15, 0.2) is 5.82 Å². The summed E-state index contributed by atoms with van der Waals surface area (Å²) >= 11 is 5.77. The van der Waals surface area contributed by atoms with E-state index in [-0.39, 0.29) is 11.7 Å². The van der Waals surface area contributed by atoms with Gasteiger partial charge < -0.3 is 14.6 Å². The van der Waals surface area contributed by atoms with Crippen molar-refractivity contribution >= 4 is 35.3 Å². The van der Waals surface area contributed by atoms with Crippen molar-refractivity contribution in [2.45, 2.75) is 64.0 Å². The molecule has 0 bridgehead atoms. The maximum Gasteiger partial charge on any atom is 0.429 e. The van der Waals surface area contributed by atoms with Crippen molar-refractivity contribution in [2.75, 3.05) is 5.32 Å². The fourth-order valence-electron chi connectivity index (χ4n) is 3.37. The predicted molar refractivity (Wildman–Crippen MR) is 113 cm³/mol. The van der Waals surface area contributed by atoms with Crippen LogP contribution in [0.1, 0.15) is 58.2 Å². The quantitative estimate of drug-likeness (QED) is 0.521. The molecule has 0 saturated heterocycles. The predicted octanol–water partition coefficient (Wildman–Crippen LogP) is 3.05. The summed E-state index contributed by atoms with van der Waals surface area (Å²) < 4.78 is 10.3. The molecule has 172 valence electrons. The molecule has 1 saturated carbocycles. The standard InChI is InChI=1S/C20H25ClN6O5/c1-20(2,3)32-19(30)27(14-6-4-5-12(9-14)16-23-11-31-26-16)25-18(29)17(28)24-15-8-7-13(21)10-22-15/h7-8,10-12,14H,4-6,9H2,1-3H3,(H,25,29)(H,22,24,28)/t12-,14?/m0/s1. The van der Waals surface area contributed by atoms with Crippen molar-refractivity contribution in [1.29, 1.82) is 0 Å². The summed E-state index contributed by atoms with van der Waals surface area (Å²) in [7, 11) is 0. The molecular weight excluding hydrogens is 440 g/mol. The number of anilines is 1. The van der Waals surface area contributed by atoms with Gasteiger partial charge in [0, 0.05) is 12.1 Å². The van der Waals surface area contributed by atoms with Crippen molar-refractivity contribution in [3.8, 4) is 0 Å². The van der Waals surface area contributed by atoms with Gasteiger partial charge in [-0.2, -0.15) is 4.98 Å². The number of aromatic nitrogens is 3. The van der Waals surface area contributed by atoms with Crippen LogP contribution in [-0.4, -0.2) is 49.7 Å². The lowest BCUT2D eigenvalue weighted by Crippen LogP contribution is -2.56. The Hall–Kier alpha value is -3.21. The smallest absolute Gasteiger partial charge is 0.429 e. The van der Waals surface area contributed by atoms with Crippen LogP contribution in [0.15, 0.2) is 29.2 Å². The Morgan fingerprint density at radius 1 is 1.19 bits per heavy atom. The monoisotopic (exact) mass is 464 g/mol. The summed E-state index contributed by atoms with van der Waals surface area (Å²) in [6.07, 6.45) is 4.48. The third-order valence-electron chi connectivity index (χ3n) is 4.74. The van der Waals surface area contributed by atoms with Gasteiger partial charge in [-0.25, -0.2) is 14.8 Å². The summed E-state index contributed by atoms with van der Waals surface area (Å²) in [5, 5.41) is 7.72. The molecule has 2 atom stereocenters. The van der Waals surface area contributed by atoms with E-state index in [1.807, 2.05) is 0 Å². The number of nitrogens with zero attached hydrogens (tertiary/aromatic N) is 4. The second-order valence-electron chi connectivity index (χ2n) is 8.41. The molecule has 11 nitrogen and oxygen atoms in total. The van der Waals surface area contributed by atoms with E-state index >= 15 is 0 Å². The van der Waals surface area contributed by atoms with E-state index in [0.29, 0.717) is 23.7 Å². The molecule has 12 heteroatoms. The highest BCUT2D eigenvalue weighted by molar-refractivity contribution is 6.39. The molecule has 1 aliphatic rings. The highest BCUT2D eigenvalue weighted by Gasteiger charge is 2.36. The topological polar surface area (TPSA) is 140 Å². The second kappa shape index (κ2) is 9.94. The van der Waals surface area contributed by atoms with Gasteiger partial charge in [-0.15, -0.1) is 0 Å². The molecule has 0 aromatic carbocycles. The Balaban J connectivity index is 1.73. The van der Waals surface area contributed by atoms with Gasteiger partial charge in [0.25, 0.3) is 0 Å². The number of hydrogen-bond acceptors (Lipinski definition) is 8. The van der Waals surface area contributed by atoms with Crippen molar-refractivity contribution < 1.29 is 23.6 Å². The molecule has 2 N–H and O–H groups in total. The molecule has 2 heterocycles. The number of rotatable bonds is 3. The summed E-state index contributed by atoms with van der Waals surface area (Å²) in [5.74, 6) is -1.39. The van der Waals surface area contributed by atoms with E-state index in [0.717, 1.165) is 17.9 Å². The third kappa shape index (κ3) is 6.39. The molecular formula is C20H25ClN6O5. The number of carbonyl (C=O) groups excluding carboxylic acids is 3. The average molecular weight is 465 g/mol. The Morgan fingerprint density at radius 3 is 2.59 bits per heavy atom. The molecule has 3 amide bonds. The maximum atomic E-state index is 12.9. The molecule has 0 spiro atoms. The lowest BCUT2D eigenvalue weighted by atomic mass is 9.85. The minimum absolute atomic E-state index is 0.0542. The zero-order valence-corrected chi connectivity index (χ0v) is 18.8. The van der Waals surface area contributed by atoms with E-state index in [9.17, 15) is 14.4 Å². The van der Waals surface area contributed by atoms with E-state index in [4.69, 9.17) is 20.9 Å². The van der Waals surface area contributed by atoms with Crippen LogP contribution in [0.5, 0.6) is 0 Å². The molecule has 3 rings (SSSR count). The highest BCUT2D eigenvalue weighted by Crippen LogP contribution is 2.33. The minimum Gasteiger partial charge on any atom is -0.442 e. The number of amides is 3. The molecule has 2 aromatic rings. The Kier molecular flexibility index (Phi) is 7.29. The van der Waals surface area contributed by atoms with Gasteiger partial charge >= 0.3 is 17.9 Å². The van der Waals surface area contributed by atoms with Gasteiger partial charge in [0.2, 0.25) is 6.39 Å². The van der Waals surface area contributed by atoms with Crippen LogP contribution in [-0.2, 0) is 14.3 Å². The molecule has 32 heavy (non-hydrogen) atoms. The first-order valence-electron chi connectivity index (χ1n) is 10.1. The zero-order valence-electron chi connectivity index (χ0n) is 18.0. The van der Waals surface area contributed by atoms with Crippen molar-refractivity contribution in [3.05, 3.63) is 35.6 Å². The first-order chi connectivity index (χ1) is 15.1. The molecule has 1 fully saturated rings. The first-order valence-corrected chi connectivity index (χ1v) is 10.5. The average Bonchev–Trinajstić information content (AvgIpc) is 3.27. The first kappa shape index (κ1) is 23.5. The SMILES string of the molecule is CC(C)(C)OC(=O)N(NC(=O)C(=O)Nc1ccc(Cl)cn1)C1CCC[C@H](c2ncon2)C1. The van der Waals surface area contributed by atoms with E-state index in [1.54, 1.807) is 20.8 Å². The normalized spacial score (nSPS) is 18.5. The summed E-state index contributed by atoms with van der Waals surface area (Å²) in [5.41, 5.74) is 1.60. The molecule has 1 unspecified atom stereocenters.